The van der Waals surface area contributed by atoms with Gasteiger partial charge in [0.1, 0.15) is 0 Å². The summed E-state index contributed by atoms with van der Waals surface area (Å²) in [5.41, 5.74) is 0. The van der Waals surface area contributed by atoms with Gasteiger partial charge in [-0.2, -0.15) is 0 Å². The van der Waals surface area contributed by atoms with Crippen molar-refractivity contribution in [2.75, 3.05) is 13.2 Å². The number of hydrogen-bond acceptors (Lipinski definition) is 2. The summed E-state index contributed by atoms with van der Waals surface area (Å²) in [7, 11) is 0. The van der Waals surface area contributed by atoms with E-state index in [0.29, 0.717) is 6.10 Å². The summed E-state index contributed by atoms with van der Waals surface area (Å²) < 4.78 is 5.98. The van der Waals surface area contributed by atoms with Gasteiger partial charge in [0.05, 0.1) is 6.10 Å². The minimum Gasteiger partial charge on any atom is -0.378 e. The predicted molar refractivity (Wildman–Crippen MR) is 72.2 cm³/mol. The molecular formula is C15H29NO. The monoisotopic (exact) mass is 239 g/mol. The van der Waals surface area contributed by atoms with Crippen LogP contribution >= 0.6 is 0 Å². The highest BCUT2D eigenvalue weighted by Crippen LogP contribution is 2.25. The second kappa shape index (κ2) is 7.38. The van der Waals surface area contributed by atoms with E-state index in [1.165, 1.54) is 57.8 Å². The molecule has 0 bridgehead atoms. The number of ether oxygens (including phenoxy) is 1. The zero-order valence-corrected chi connectivity index (χ0v) is 11.4. The first-order valence-corrected chi connectivity index (χ1v) is 7.69. The van der Waals surface area contributed by atoms with Crippen LogP contribution in [0.25, 0.3) is 0 Å². The highest BCUT2D eigenvalue weighted by Gasteiger charge is 2.19. The molecular weight excluding hydrogens is 210 g/mol. The Bertz CT molecular complexity index is 201. The Kier molecular flexibility index (Phi) is 5.79. The van der Waals surface area contributed by atoms with Crippen molar-refractivity contribution < 1.29 is 4.74 Å². The van der Waals surface area contributed by atoms with Crippen LogP contribution in [0.4, 0.5) is 0 Å². The molecule has 2 fully saturated rings. The van der Waals surface area contributed by atoms with Gasteiger partial charge in [-0.3, -0.25) is 0 Å². The normalized spacial score (nSPS) is 30.9. The molecule has 2 atom stereocenters. The van der Waals surface area contributed by atoms with Crippen LogP contribution in [0.2, 0.25) is 0 Å². The number of hydrogen-bond donors (Lipinski definition) is 1. The molecule has 0 spiro atoms. The van der Waals surface area contributed by atoms with Gasteiger partial charge in [-0.15, -0.1) is 0 Å². The van der Waals surface area contributed by atoms with E-state index in [4.69, 9.17) is 4.74 Å². The first kappa shape index (κ1) is 13.4. The molecule has 2 aliphatic rings. The average Bonchev–Trinajstić information content (AvgIpc) is 2.82. The molecule has 0 amide bonds. The van der Waals surface area contributed by atoms with E-state index in [2.05, 4.69) is 12.2 Å². The predicted octanol–water partition coefficient (Wildman–Crippen LogP) is 3.50. The standard InChI is InChI=1S/C15H29NO/c1-13-6-4-9-15(12-13)17-11-5-10-16-14-7-2-3-8-14/h13-16H,2-12H2,1H3. The van der Waals surface area contributed by atoms with Gasteiger partial charge in [0, 0.05) is 12.6 Å². The molecule has 100 valence electrons. The van der Waals surface area contributed by atoms with Crippen LogP contribution in [0.5, 0.6) is 0 Å². The van der Waals surface area contributed by atoms with Crippen molar-refractivity contribution in [3.63, 3.8) is 0 Å². The third-order valence-corrected chi connectivity index (χ3v) is 4.35. The van der Waals surface area contributed by atoms with E-state index in [1.807, 2.05) is 0 Å². The summed E-state index contributed by atoms with van der Waals surface area (Å²) in [6.45, 7) is 4.46. The topological polar surface area (TPSA) is 21.3 Å². The van der Waals surface area contributed by atoms with Crippen LogP contribution in [0.15, 0.2) is 0 Å². The molecule has 0 heterocycles. The highest BCUT2D eigenvalue weighted by molar-refractivity contribution is 4.73. The van der Waals surface area contributed by atoms with Crippen molar-refractivity contribution in [1.29, 1.82) is 0 Å². The van der Waals surface area contributed by atoms with Gasteiger partial charge < -0.3 is 10.1 Å². The Morgan fingerprint density at radius 1 is 1.06 bits per heavy atom. The maximum Gasteiger partial charge on any atom is 0.0577 e. The average molecular weight is 239 g/mol. The van der Waals surface area contributed by atoms with Crippen molar-refractivity contribution in [2.45, 2.75) is 76.9 Å². The molecule has 1 N–H and O–H groups in total. The zero-order chi connectivity index (χ0) is 11.9. The van der Waals surface area contributed by atoms with Gasteiger partial charge >= 0.3 is 0 Å². The van der Waals surface area contributed by atoms with Gasteiger partial charge in [0.2, 0.25) is 0 Å². The number of rotatable bonds is 6. The van der Waals surface area contributed by atoms with Gasteiger partial charge in [0.15, 0.2) is 0 Å². The first-order valence-electron chi connectivity index (χ1n) is 7.69. The Labute approximate surface area is 107 Å². The van der Waals surface area contributed by atoms with Crippen molar-refractivity contribution in [2.24, 2.45) is 5.92 Å². The van der Waals surface area contributed by atoms with E-state index in [-0.39, 0.29) is 0 Å². The van der Waals surface area contributed by atoms with Crippen molar-refractivity contribution in [1.82, 2.24) is 5.32 Å². The molecule has 17 heavy (non-hydrogen) atoms. The molecule has 2 rings (SSSR count). The smallest absolute Gasteiger partial charge is 0.0577 e. The fourth-order valence-corrected chi connectivity index (χ4v) is 3.29. The van der Waals surface area contributed by atoms with Gasteiger partial charge in [-0.05, 0) is 44.6 Å². The van der Waals surface area contributed by atoms with Gasteiger partial charge in [-0.1, -0.05) is 32.6 Å². The Morgan fingerprint density at radius 2 is 1.88 bits per heavy atom. The lowest BCUT2D eigenvalue weighted by Crippen LogP contribution is -2.28. The van der Waals surface area contributed by atoms with Crippen molar-refractivity contribution >= 4 is 0 Å². The second-order valence-electron chi connectivity index (χ2n) is 6.05. The molecule has 2 saturated carbocycles. The molecule has 0 aromatic carbocycles. The summed E-state index contributed by atoms with van der Waals surface area (Å²) in [6.07, 6.45) is 12.7. The van der Waals surface area contributed by atoms with Gasteiger partial charge in [-0.25, -0.2) is 0 Å². The lowest BCUT2D eigenvalue weighted by atomic mass is 9.89. The van der Waals surface area contributed by atoms with E-state index >= 15 is 0 Å². The molecule has 2 heteroatoms. The van der Waals surface area contributed by atoms with Crippen LogP contribution in [0.3, 0.4) is 0 Å². The van der Waals surface area contributed by atoms with Crippen LogP contribution in [0, 0.1) is 5.92 Å². The molecule has 0 saturated heterocycles. The Morgan fingerprint density at radius 3 is 2.65 bits per heavy atom. The minimum atomic E-state index is 0.560. The third-order valence-electron chi connectivity index (χ3n) is 4.35. The Balaban J connectivity index is 1.45. The third kappa shape index (κ3) is 4.97. The molecule has 0 radical (unpaired) electrons. The molecule has 0 aromatic heterocycles. The highest BCUT2D eigenvalue weighted by atomic mass is 16.5. The molecule has 2 nitrogen and oxygen atoms in total. The summed E-state index contributed by atoms with van der Waals surface area (Å²) in [5.74, 6) is 0.880. The van der Waals surface area contributed by atoms with Crippen LogP contribution < -0.4 is 5.32 Å². The maximum absolute atomic E-state index is 5.98. The van der Waals surface area contributed by atoms with E-state index in [0.717, 1.165) is 25.1 Å². The van der Waals surface area contributed by atoms with Crippen LogP contribution in [0.1, 0.15) is 64.7 Å². The molecule has 2 unspecified atom stereocenters. The number of nitrogens with one attached hydrogen (secondary N) is 1. The molecule has 2 aliphatic carbocycles. The Hall–Kier alpha value is -0.0800. The summed E-state index contributed by atoms with van der Waals surface area (Å²) in [5, 5.41) is 3.65. The van der Waals surface area contributed by atoms with Crippen LogP contribution in [-0.2, 0) is 4.74 Å². The molecule has 0 aromatic rings. The van der Waals surface area contributed by atoms with Crippen molar-refractivity contribution in [3.05, 3.63) is 0 Å². The lowest BCUT2D eigenvalue weighted by molar-refractivity contribution is 0.0144. The maximum atomic E-state index is 5.98. The summed E-state index contributed by atoms with van der Waals surface area (Å²) in [6, 6.07) is 0.810. The van der Waals surface area contributed by atoms with E-state index in [1.54, 1.807) is 0 Å². The fourth-order valence-electron chi connectivity index (χ4n) is 3.29. The lowest BCUT2D eigenvalue weighted by Gasteiger charge is -2.26. The van der Waals surface area contributed by atoms with E-state index < -0.39 is 0 Å². The summed E-state index contributed by atoms with van der Waals surface area (Å²) >= 11 is 0. The second-order valence-corrected chi connectivity index (χ2v) is 6.05. The molecule has 0 aliphatic heterocycles. The van der Waals surface area contributed by atoms with Gasteiger partial charge in [0.25, 0.3) is 0 Å². The largest absolute Gasteiger partial charge is 0.378 e. The summed E-state index contributed by atoms with van der Waals surface area (Å²) in [4.78, 5) is 0. The minimum absolute atomic E-state index is 0.560. The fraction of sp³-hybridized carbons (Fsp3) is 1.00. The SMILES string of the molecule is CC1CCCC(OCCCNC2CCCC2)C1. The zero-order valence-electron chi connectivity index (χ0n) is 11.4. The quantitative estimate of drug-likeness (QED) is 0.716. The van der Waals surface area contributed by atoms with Crippen LogP contribution in [-0.4, -0.2) is 25.3 Å². The first-order chi connectivity index (χ1) is 8.34. The van der Waals surface area contributed by atoms with E-state index in [9.17, 15) is 0 Å². The van der Waals surface area contributed by atoms with Crippen molar-refractivity contribution in [3.8, 4) is 0 Å².